The van der Waals surface area contributed by atoms with Crippen LogP contribution in [0.5, 0.6) is 0 Å². The molecule has 1 fully saturated rings. The standard InChI is InChI=1S/C15H25N5O/c1-3-10-20(12-6-4-11(16)5-7-12)14-9-8-13(18-19-14)15(21)17-2/h8-9,11-12H,3-7,10,16H2,1-2H3,(H,17,21). The maximum Gasteiger partial charge on any atom is 0.271 e. The molecule has 6 nitrogen and oxygen atoms in total. The topological polar surface area (TPSA) is 84.1 Å². The molecule has 0 aromatic carbocycles. The Kier molecular flexibility index (Phi) is 5.50. The van der Waals surface area contributed by atoms with Gasteiger partial charge in [0.25, 0.3) is 5.91 Å². The van der Waals surface area contributed by atoms with Crippen molar-refractivity contribution in [3.63, 3.8) is 0 Å². The lowest BCUT2D eigenvalue weighted by Crippen LogP contribution is -2.42. The molecule has 1 aliphatic rings. The number of amides is 1. The average Bonchev–Trinajstić information content (AvgIpc) is 2.53. The van der Waals surface area contributed by atoms with Crippen LogP contribution in [0.15, 0.2) is 12.1 Å². The Morgan fingerprint density at radius 1 is 1.33 bits per heavy atom. The van der Waals surface area contributed by atoms with Gasteiger partial charge in [0.2, 0.25) is 0 Å². The SMILES string of the molecule is CCCN(c1ccc(C(=O)NC)nn1)C1CCC(N)CC1. The van der Waals surface area contributed by atoms with E-state index >= 15 is 0 Å². The van der Waals surface area contributed by atoms with Gasteiger partial charge in [-0.05, 0) is 44.2 Å². The predicted molar refractivity (Wildman–Crippen MR) is 83.3 cm³/mol. The summed E-state index contributed by atoms with van der Waals surface area (Å²) in [5.74, 6) is 0.643. The summed E-state index contributed by atoms with van der Waals surface area (Å²) >= 11 is 0. The van der Waals surface area contributed by atoms with E-state index in [0.29, 0.717) is 17.8 Å². The van der Waals surface area contributed by atoms with E-state index in [-0.39, 0.29) is 5.91 Å². The first-order valence-corrected chi connectivity index (χ1v) is 7.73. The largest absolute Gasteiger partial charge is 0.354 e. The molecular formula is C15H25N5O. The molecule has 21 heavy (non-hydrogen) atoms. The number of anilines is 1. The number of nitrogens with zero attached hydrogens (tertiary/aromatic N) is 3. The second-order valence-electron chi connectivity index (χ2n) is 5.62. The third-order valence-corrected chi connectivity index (χ3v) is 4.05. The van der Waals surface area contributed by atoms with E-state index in [1.54, 1.807) is 13.1 Å². The van der Waals surface area contributed by atoms with Crippen molar-refractivity contribution in [3.05, 3.63) is 17.8 Å². The van der Waals surface area contributed by atoms with Crippen LogP contribution in [0.4, 0.5) is 5.82 Å². The van der Waals surface area contributed by atoms with Gasteiger partial charge in [-0.15, -0.1) is 10.2 Å². The zero-order valence-corrected chi connectivity index (χ0v) is 12.9. The normalized spacial score (nSPS) is 21.9. The first-order valence-electron chi connectivity index (χ1n) is 7.73. The molecule has 0 bridgehead atoms. The Bertz CT molecular complexity index is 454. The smallest absolute Gasteiger partial charge is 0.271 e. The Morgan fingerprint density at radius 2 is 2.05 bits per heavy atom. The van der Waals surface area contributed by atoms with Crippen molar-refractivity contribution in [3.8, 4) is 0 Å². The number of hydrogen-bond acceptors (Lipinski definition) is 5. The van der Waals surface area contributed by atoms with Crippen molar-refractivity contribution in [2.75, 3.05) is 18.5 Å². The second-order valence-corrected chi connectivity index (χ2v) is 5.62. The molecule has 116 valence electrons. The molecule has 1 saturated carbocycles. The minimum atomic E-state index is -0.209. The summed E-state index contributed by atoms with van der Waals surface area (Å²) in [6.45, 7) is 3.11. The van der Waals surface area contributed by atoms with Crippen molar-refractivity contribution >= 4 is 11.7 Å². The third-order valence-electron chi connectivity index (χ3n) is 4.05. The number of carbonyl (C=O) groups is 1. The quantitative estimate of drug-likeness (QED) is 0.855. The summed E-state index contributed by atoms with van der Waals surface area (Å²) in [4.78, 5) is 13.8. The van der Waals surface area contributed by atoms with Crippen molar-refractivity contribution in [2.45, 2.75) is 51.1 Å². The Balaban J connectivity index is 2.12. The van der Waals surface area contributed by atoms with E-state index in [4.69, 9.17) is 5.73 Å². The lowest BCUT2D eigenvalue weighted by molar-refractivity contribution is 0.0957. The molecule has 0 unspecified atom stereocenters. The summed E-state index contributed by atoms with van der Waals surface area (Å²) in [6, 6.07) is 4.44. The van der Waals surface area contributed by atoms with E-state index in [9.17, 15) is 4.79 Å². The monoisotopic (exact) mass is 291 g/mol. The molecule has 6 heteroatoms. The van der Waals surface area contributed by atoms with Gasteiger partial charge in [-0.2, -0.15) is 0 Å². The van der Waals surface area contributed by atoms with E-state index < -0.39 is 0 Å². The number of rotatable bonds is 5. The van der Waals surface area contributed by atoms with E-state index in [0.717, 1.165) is 44.5 Å². The highest BCUT2D eigenvalue weighted by Crippen LogP contribution is 2.25. The van der Waals surface area contributed by atoms with Crippen molar-refractivity contribution in [1.29, 1.82) is 0 Å². The Hall–Kier alpha value is -1.69. The molecule has 1 aromatic heterocycles. The first-order chi connectivity index (χ1) is 10.2. The summed E-state index contributed by atoms with van der Waals surface area (Å²) in [5, 5.41) is 10.8. The second kappa shape index (κ2) is 7.36. The van der Waals surface area contributed by atoms with Crippen LogP contribution < -0.4 is 16.0 Å². The highest BCUT2D eigenvalue weighted by Gasteiger charge is 2.25. The summed E-state index contributed by atoms with van der Waals surface area (Å²) in [7, 11) is 1.59. The van der Waals surface area contributed by atoms with Gasteiger partial charge in [-0.25, -0.2) is 0 Å². The molecule has 2 rings (SSSR count). The van der Waals surface area contributed by atoms with Gasteiger partial charge < -0.3 is 16.0 Å². The molecule has 0 aliphatic heterocycles. The van der Waals surface area contributed by atoms with Gasteiger partial charge in [0, 0.05) is 25.7 Å². The number of carbonyl (C=O) groups excluding carboxylic acids is 1. The van der Waals surface area contributed by atoms with Crippen molar-refractivity contribution in [1.82, 2.24) is 15.5 Å². The summed E-state index contributed by atoms with van der Waals surface area (Å²) in [6.07, 6.45) is 5.38. The van der Waals surface area contributed by atoms with Crippen LogP contribution in [0.2, 0.25) is 0 Å². The molecule has 0 atom stereocenters. The molecule has 1 amide bonds. The minimum Gasteiger partial charge on any atom is -0.354 e. The average molecular weight is 291 g/mol. The van der Waals surface area contributed by atoms with E-state index in [2.05, 4.69) is 27.3 Å². The van der Waals surface area contributed by atoms with Crippen molar-refractivity contribution < 1.29 is 4.79 Å². The lowest BCUT2D eigenvalue weighted by atomic mass is 9.90. The zero-order chi connectivity index (χ0) is 15.2. The van der Waals surface area contributed by atoms with Crippen LogP contribution in [0.1, 0.15) is 49.5 Å². The number of nitrogens with two attached hydrogens (primary N) is 1. The lowest BCUT2D eigenvalue weighted by Gasteiger charge is -2.36. The highest BCUT2D eigenvalue weighted by molar-refractivity contribution is 5.91. The highest BCUT2D eigenvalue weighted by atomic mass is 16.1. The van der Waals surface area contributed by atoms with Gasteiger partial charge in [0.1, 0.15) is 0 Å². The number of aromatic nitrogens is 2. The van der Waals surface area contributed by atoms with Gasteiger partial charge in [-0.1, -0.05) is 6.92 Å². The van der Waals surface area contributed by atoms with Crippen LogP contribution in [-0.4, -0.2) is 41.8 Å². The van der Waals surface area contributed by atoms with E-state index in [1.807, 2.05) is 6.07 Å². The van der Waals surface area contributed by atoms with Crippen LogP contribution in [0.3, 0.4) is 0 Å². The summed E-state index contributed by atoms with van der Waals surface area (Å²) < 4.78 is 0. The Morgan fingerprint density at radius 3 is 2.57 bits per heavy atom. The third kappa shape index (κ3) is 3.91. The molecule has 0 radical (unpaired) electrons. The molecule has 0 saturated heterocycles. The van der Waals surface area contributed by atoms with E-state index in [1.165, 1.54) is 0 Å². The summed E-state index contributed by atoms with van der Waals surface area (Å²) in [5.41, 5.74) is 6.34. The molecule has 1 aliphatic carbocycles. The fourth-order valence-electron chi connectivity index (χ4n) is 2.87. The fourth-order valence-corrected chi connectivity index (χ4v) is 2.87. The Labute approximate surface area is 126 Å². The van der Waals surface area contributed by atoms with Gasteiger partial charge in [0.05, 0.1) is 0 Å². The number of nitrogens with one attached hydrogen (secondary N) is 1. The van der Waals surface area contributed by atoms with Crippen LogP contribution in [0.25, 0.3) is 0 Å². The van der Waals surface area contributed by atoms with Crippen LogP contribution in [-0.2, 0) is 0 Å². The zero-order valence-electron chi connectivity index (χ0n) is 12.9. The minimum absolute atomic E-state index is 0.209. The van der Waals surface area contributed by atoms with Gasteiger partial charge >= 0.3 is 0 Å². The molecular weight excluding hydrogens is 266 g/mol. The maximum absolute atomic E-state index is 11.5. The number of hydrogen-bond donors (Lipinski definition) is 2. The fraction of sp³-hybridized carbons (Fsp3) is 0.667. The van der Waals surface area contributed by atoms with Crippen molar-refractivity contribution in [2.24, 2.45) is 5.73 Å². The first kappa shape index (κ1) is 15.7. The maximum atomic E-state index is 11.5. The van der Waals surface area contributed by atoms with Gasteiger partial charge in [0.15, 0.2) is 11.5 Å². The van der Waals surface area contributed by atoms with Gasteiger partial charge in [-0.3, -0.25) is 4.79 Å². The van der Waals surface area contributed by atoms with Crippen LogP contribution in [0, 0.1) is 0 Å². The molecule has 1 aromatic rings. The molecule has 1 heterocycles. The van der Waals surface area contributed by atoms with Crippen LogP contribution >= 0.6 is 0 Å². The molecule has 3 N–H and O–H groups in total. The predicted octanol–water partition coefficient (Wildman–Crippen LogP) is 1.32. The molecule has 0 spiro atoms.